The molecule has 1 aliphatic rings. The maximum absolute atomic E-state index is 6.05. The summed E-state index contributed by atoms with van der Waals surface area (Å²) in [4.78, 5) is 6.45. The molecule has 0 aromatic carbocycles. The fourth-order valence-electron chi connectivity index (χ4n) is 2.55. The second-order valence-electron chi connectivity index (χ2n) is 5.92. The fraction of sp³-hybridized carbons (Fsp3) is 0.615. The van der Waals surface area contributed by atoms with Gasteiger partial charge in [-0.25, -0.2) is 4.98 Å². The van der Waals surface area contributed by atoms with Gasteiger partial charge < -0.3 is 15.4 Å². The van der Waals surface area contributed by atoms with Gasteiger partial charge in [0, 0.05) is 13.1 Å². The Bertz CT molecular complexity index is 382. The average molecular weight is 235 g/mol. The Labute approximate surface area is 103 Å². The molecule has 1 aromatic heterocycles. The fourth-order valence-corrected chi connectivity index (χ4v) is 2.55. The molecule has 0 radical (unpaired) electrons. The predicted octanol–water partition coefficient (Wildman–Crippen LogP) is 2.06. The Morgan fingerprint density at radius 2 is 1.76 bits per heavy atom. The lowest BCUT2D eigenvalue weighted by atomic mass is 9.98. The SMILES string of the molecule is CC1(C)CN(c2ccc(N)nc2)CC(C)(C)O1. The van der Waals surface area contributed by atoms with E-state index in [2.05, 4.69) is 37.6 Å². The molecule has 0 spiro atoms. The normalized spacial score (nSPS) is 22.5. The molecule has 1 aromatic rings. The average Bonchev–Trinajstić information content (AvgIpc) is 2.13. The number of rotatable bonds is 1. The van der Waals surface area contributed by atoms with Crippen LogP contribution in [0.2, 0.25) is 0 Å². The van der Waals surface area contributed by atoms with Gasteiger partial charge in [0.05, 0.1) is 23.1 Å². The van der Waals surface area contributed by atoms with Crippen LogP contribution in [-0.2, 0) is 4.74 Å². The van der Waals surface area contributed by atoms with Crippen molar-refractivity contribution in [1.29, 1.82) is 0 Å². The highest BCUT2D eigenvalue weighted by Gasteiger charge is 2.38. The van der Waals surface area contributed by atoms with Crippen LogP contribution in [0.15, 0.2) is 18.3 Å². The van der Waals surface area contributed by atoms with Gasteiger partial charge in [0.1, 0.15) is 5.82 Å². The van der Waals surface area contributed by atoms with Gasteiger partial charge in [-0.05, 0) is 39.8 Å². The van der Waals surface area contributed by atoms with E-state index in [0.717, 1.165) is 18.8 Å². The second-order valence-corrected chi connectivity index (χ2v) is 5.92. The topological polar surface area (TPSA) is 51.4 Å². The third kappa shape index (κ3) is 2.88. The molecule has 0 saturated carbocycles. The number of nitrogens with zero attached hydrogens (tertiary/aromatic N) is 2. The lowest BCUT2D eigenvalue weighted by Gasteiger charge is -2.48. The summed E-state index contributed by atoms with van der Waals surface area (Å²) in [7, 11) is 0. The van der Waals surface area contributed by atoms with Crippen LogP contribution in [-0.4, -0.2) is 29.3 Å². The number of ether oxygens (including phenoxy) is 1. The first-order chi connectivity index (χ1) is 7.77. The zero-order valence-corrected chi connectivity index (χ0v) is 11.0. The minimum absolute atomic E-state index is 0.150. The molecule has 1 fully saturated rings. The van der Waals surface area contributed by atoms with Crippen LogP contribution in [0.4, 0.5) is 11.5 Å². The standard InChI is InChI=1S/C13H21N3O/c1-12(2)8-16(9-13(3,4)17-12)10-5-6-11(14)15-7-10/h5-7H,8-9H2,1-4H3,(H2,14,15). The van der Waals surface area contributed by atoms with Crippen LogP contribution >= 0.6 is 0 Å². The van der Waals surface area contributed by atoms with Gasteiger partial charge in [-0.3, -0.25) is 0 Å². The molecule has 1 aliphatic heterocycles. The number of hydrogen-bond donors (Lipinski definition) is 1. The van der Waals surface area contributed by atoms with Crippen LogP contribution in [0.1, 0.15) is 27.7 Å². The molecule has 0 unspecified atom stereocenters. The first kappa shape index (κ1) is 12.2. The van der Waals surface area contributed by atoms with Crippen molar-refractivity contribution >= 4 is 11.5 Å². The molecule has 2 N–H and O–H groups in total. The second kappa shape index (κ2) is 3.88. The molecule has 2 heterocycles. The predicted molar refractivity (Wildman–Crippen MR) is 70.1 cm³/mol. The van der Waals surface area contributed by atoms with Gasteiger partial charge in [0.15, 0.2) is 0 Å². The molecule has 0 bridgehead atoms. The monoisotopic (exact) mass is 235 g/mol. The van der Waals surface area contributed by atoms with E-state index in [1.807, 2.05) is 18.3 Å². The zero-order chi connectivity index (χ0) is 12.7. The van der Waals surface area contributed by atoms with Gasteiger partial charge in [0.2, 0.25) is 0 Å². The summed E-state index contributed by atoms with van der Waals surface area (Å²) < 4.78 is 6.05. The summed E-state index contributed by atoms with van der Waals surface area (Å²) in [6, 6.07) is 3.85. The van der Waals surface area contributed by atoms with Gasteiger partial charge in [0.25, 0.3) is 0 Å². The highest BCUT2D eigenvalue weighted by molar-refractivity contribution is 5.49. The van der Waals surface area contributed by atoms with Crippen molar-refractivity contribution < 1.29 is 4.74 Å². The van der Waals surface area contributed by atoms with E-state index >= 15 is 0 Å². The quantitative estimate of drug-likeness (QED) is 0.809. The van der Waals surface area contributed by atoms with Crippen molar-refractivity contribution in [3.63, 3.8) is 0 Å². The van der Waals surface area contributed by atoms with Crippen molar-refractivity contribution in [1.82, 2.24) is 4.98 Å². The number of anilines is 2. The maximum Gasteiger partial charge on any atom is 0.123 e. The molecule has 0 amide bonds. The third-order valence-corrected chi connectivity index (χ3v) is 2.83. The summed E-state index contributed by atoms with van der Waals surface area (Å²) in [6.07, 6.45) is 1.83. The highest BCUT2D eigenvalue weighted by atomic mass is 16.5. The largest absolute Gasteiger partial charge is 0.384 e. The van der Waals surface area contributed by atoms with Crippen LogP contribution in [0, 0.1) is 0 Å². The Morgan fingerprint density at radius 3 is 2.24 bits per heavy atom. The van der Waals surface area contributed by atoms with E-state index in [4.69, 9.17) is 10.5 Å². The van der Waals surface area contributed by atoms with Gasteiger partial charge in [-0.15, -0.1) is 0 Å². The van der Waals surface area contributed by atoms with Crippen molar-refractivity contribution in [2.75, 3.05) is 23.7 Å². The van der Waals surface area contributed by atoms with Crippen molar-refractivity contribution in [2.45, 2.75) is 38.9 Å². The van der Waals surface area contributed by atoms with Crippen molar-refractivity contribution in [3.05, 3.63) is 18.3 Å². The van der Waals surface area contributed by atoms with E-state index in [1.165, 1.54) is 0 Å². The number of morpholine rings is 1. The Morgan fingerprint density at radius 1 is 1.18 bits per heavy atom. The zero-order valence-electron chi connectivity index (χ0n) is 11.0. The number of aromatic nitrogens is 1. The van der Waals surface area contributed by atoms with Gasteiger partial charge >= 0.3 is 0 Å². The van der Waals surface area contributed by atoms with Crippen LogP contribution in [0.25, 0.3) is 0 Å². The molecule has 0 aliphatic carbocycles. The number of nitrogens with two attached hydrogens (primary N) is 1. The number of nitrogen functional groups attached to an aromatic ring is 1. The Balaban J connectivity index is 2.24. The molecule has 17 heavy (non-hydrogen) atoms. The lowest BCUT2D eigenvalue weighted by Crippen LogP contribution is -2.57. The molecular formula is C13H21N3O. The van der Waals surface area contributed by atoms with E-state index in [1.54, 1.807) is 0 Å². The summed E-state index contributed by atoms with van der Waals surface area (Å²) in [6.45, 7) is 10.2. The van der Waals surface area contributed by atoms with E-state index in [9.17, 15) is 0 Å². The lowest BCUT2D eigenvalue weighted by molar-refractivity contribution is -0.133. The first-order valence-electron chi connectivity index (χ1n) is 5.94. The van der Waals surface area contributed by atoms with E-state index in [0.29, 0.717) is 5.82 Å². The molecule has 1 saturated heterocycles. The summed E-state index contributed by atoms with van der Waals surface area (Å²) >= 11 is 0. The van der Waals surface area contributed by atoms with Crippen molar-refractivity contribution in [3.8, 4) is 0 Å². The van der Waals surface area contributed by atoms with Gasteiger partial charge in [-0.2, -0.15) is 0 Å². The third-order valence-electron chi connectivity index (χ3n) is 2.83. The molecule has 2 rings (SSSR count). The minimum Gasteiger partial charge on any atom is -0.384 e. The smallest absolute Gasteiger partial charge is 0.123 e. The summed E-state index contributed by atoms with van der Waals surface area (Å²) in [5.74, 6) is 0.556. The molecule has 0 atom stereocenters. The molecule has 4 heteroatoms. The Kier molecular flexibility index (Phi) is 2.78. The number of pyridine rings is 1. The minimum atomic E-state index is -0.150. The summed E-state index contributed by atoms with van der Waals surface area (Å²) in [5.41, 5.74) is 6.41. The first-order valence-corrected chi connectivity index (χ1v) is 5.94. The molecule has 4 nitrogen and oxygen atoms in total. The Hall–Kier alpha value is -1.29. The number of hydrogen-bond acceptors (Lipinski definition) is 4. The van der Waals surface area contributed by atoms with Crippen LogP contribution in [0.5, 0.6) is 0 Å². The summed E-state index contributed by atoms with van der Waals surface area (Å²) in [5, 5.41) is 0. The van der Waals surface area contributed by atoms with E-state index < -0.39 is 0 Å². The highest BCUT2D eigenvalue weighted by Crippen LogP contribution is 2.31. The van der Waals surface area contributed by atoms with Crippen LogP contribution < -0.4 is 10.6 Å². The molecular weight excluding hydrogens is 214 g/mol. The van der Waals surface area contributed by atoms with E-state index in [-0.39, 0.29) is 11.2 Å². The maximum atomic E-state index is 6.05. The van der Waals surface area contributed by atoms with Gasteiger partial charge in [-0.1, -0.05) is 0 Å². The van der Waals surface area contributed by atoms with Crippen LogP contribution in [0.3, 0.4) is 0 Å². The molecule has 94 valence electrons. The van der Waals surface area contributed by atoms with Crippen molar-refractivity contribution in [2.24, 2.45) is 0 Å².